The summed E-state index contributed by atoms with van der Waals surface area (Å²) < 4.78 is 0. The van der Waals surface area contributed by atoms with Gasteiger partial charge in [-0.1, -0.05) is 30.8 Å². The van der Waals surface area contributed by atoms with Crippen molar-refractivity contribution < 1.29 is 14.7 Å². The Morgan fingerprint density at radius 2 is 2.06 bits per heavy atom. The summed E-state index contributed by atoms with van der Waals surface area (Å²) >= 11 is 0. The van der Waals surface area contributed by atoms with Crippen molar-refractivity contribution in [2.75, 3.05) is 31.2 Å². The van der Waals surface area contributed by atoms with Gasteiger partial charge in [0, 0.05) is 23.2 Å². The molecule has 170 valence electrons. The zero-order valence-electron chi connectivity index (χ0n) is 18.5. The molecule has 3 aromatic rings. The molecule has 0 spiro atoms. The number of hydrogen-bond donors (Lipinski definition) is 4. The number of amides is 2. The molecular weight excluding hydrogens is 418 g/mol. The first-order valence-electron chi connectivity index (χ1n) is 10.7. The molecule has 0 radical (unpaired) electrons. The molecule has 1 aliphatic rings. The molecule has 0 unspecified atom stereocenters. The molecule has 0 bridgehead atoms. The van der Waals surface area contributed by atoms with Gasteiger partial charge in [0.1, 0.15) is 0 Å². The Morgan fingerprint density at radius 1 is 1.24 bits per heavy atom. The molecule has 8 nitrogen and oxygen atoms in total. The van der Waals surface area contributed by atoms with E-state index in [-0.39, 0.29) is 17.3 Å². The van der Waals surface area contributed by atoms with Gasteiger partial charge in [-0.3, -0.25) is 9.59 Å². The van der Waals surface area contributed by atoms with Crippen LogP contribution in [0.15, 0.2) is 61.2 Å². The normalized spacial score (nSPS) is 18.6. The van der Waals surface area contributed by atoms with Crippen LogP contribution < -0.4 is 16.4 Å². The van der Waals surface area contributed by atoms with Gasteiger partial charge in [-0.05, 0) is 62.2 Å². The van der Waals surface area contributed by atoms with Crippen molar-refractivity contribution in [3.8, 4) is 11.3 Å². The second-order valence-electron chi connectivity index (χ2n) is 8.40. The number of pyridine rings is 1. The Balaban J connectivity index is 1.67. The average Bonchev–Trinajstić information content (AvgIpc) is 2.78. The lowest BCUT2D eigenvalue weighted by Gasteiger charge is -2.37. The van der Waals surface area contributed by atoms with E-state index in [0.29, 0.717) is 24.3 Å². The molecule has 1 atom stereocenters. The number of rotatable bonds is 5. The van der Waals surface area contributed by atoms with Gasteiger partial charge < -0.3 is 26.4 Å². The topological polar surface area (TPSA) is 121 Å². The quantitative estimate of drug-likeness (QED) is 0.354. The maximum Gasteiger partial charge on any atom is 0.274 e. The van der Waals surface area contributed by atoms with E-state index in [9.17, 15) is 14.7 Å². The van der Waals surface area contributed by atoms with Gasteiger partial charge in [-0.15, -0.1) is 0 Å². The maximum absolute atomic E-state index is 13.0. The highest BCUT2D eigenvalue weighted by Gasteiger charge is 2.34. The minimum absolute atomic E-state index is 0.0579. The number of hydrogen-bond acceptors (Lipinski definition) is 6. The summed E-state index contributed by atoms with van der Waals surface area (Å²) in [7, 11) is 1.90. The Bertz CT molecular complexity index is 1240. The molecule has 1 aliphatic heterocycles. The van der Waals surface area contributed by atoms with Crippen LogP contribution in [0.5, 0.6) is 0 Å². The third-order valence-electron chi connectivity index (χ3n) is 5.77. The zero-order valence-corrected chi connectivity index (χ0v) is 18.5. The van der Waals surface area contributed by atoms with Crippen LogP contribution in [-0.2, 0) is 4.79 Å². The molecule has 1 aromatic heterocycles. The summed E-state index contributed by atoms with van der Waals surface area (Å²) in [6.07, 6.45) is 2.46. The SMILES string of the molecule is C=CC(=O)Nc1cccc2ccc(-c3ccc(N)c(C(=O)N[C@]4(O)CCCN(C)C4)n3)cc12. The van der Waals surface area contributed by atoms with Crippen molar-refractivity contribution in [1.29, 1.82) is 0 Å². The summed E-state index contributed by atoms with van der Waals surface area (Å²) in [6, 6.07) is 14.7. The van der Waals surface area contributed by atoms with Gasteiger partial charge in [0.05, 0.1) is 11.4 Å². The van der Waals surface area contributed by atoms with Crippen molar-refractivity contribution in [1.82, 2.24) is 15.2 Å². The first kappa shape index (κ1) is 22.4. The monoisotopic (exact) mass is 445 g/mol. The Hall–Kier alpha value is -3.75. The fraction of sp³-hybridized carbons (Fsp3) is 0.240. The number of fused-ring (bicyclic) bond motifs is 1. The zero-order chi connectivity index (χ0) is 23.6. The van der Waals surface area contributed by atoms with Crippen LogP contribution in [0.25, 0.3) is 22.0 Å². The van der Waals surface area contributed by atoms with Gasteiger partial charge in [0.25, 0.3) is 5.91 Å². The first-order chi connectivity index (χ1) is 15.8. The highest BCUT2D eigenvalue weighted by atomic mass is 16.3. The second-order valence-corrected chi connectivity index (χ2v) is 8.40. The summed E-state index contributed by atoms with van der Waals surface area (Å²) in [5, 5.41) is 18.1. The molecule has 2 amide bonds. The predicted octanol–water partition coefficient (Wildman–Crippen LogP) is 2.75. The second kappa shape index (κ2) is 9.01. The van der Waals surface area contributed by atoms with Crippen molar-refractivity contribution in [2.45, 2.75) is 18.6 Å². The number of likely N-dealkylation sites (N-methyl/N-ethyl adjacent to an activating group) is 1. The van der Waals surface area contributed by atoms with E-state index in [1.165, 1.54) is 6.08 Å². The molecule has 8 heteroatoms. The van der Waals surface area contributed by atoms with Gasteiger partial charge in [-0.25, -0.2) is 4.98 Å². The van der Waals surface area contributed by atoms with Crippen molar-refractivity contribution in [3.63, 3.8) is 0 Å². The van der Waals surface area contributed by atoms with Crippen molar-refractivity contribution >= 4 is 34.0 Å². The lowest BCUT2D eigenvalue weighted by Crippen LogP contribution is -2.58. The maximum atomic E-state index is 13.0. The van der Waals surface area contributed by atoms with Crippen molar-refractivity contribution in [3.05, 3.63) is 66.9 Å². The van der Waals surface area contributed by atoms with E-state index >= 15 is 0 Å². The van der Waals surface area contributed by atoms with E-state index in [1.54, 1.807) is 12.1 Å². The third kappa shape index (κ3) is 4.87. The molecule has 0 saturated carbocycles. The minimum atomic E-state index is -1.32. The number of carbonyl (C=O) groups excluding carboxylic acids is 2. The van der Waals surface area contributed by atoms with Crippen LogP contribution in [0.4, 0.5) is 11.4 Å². The fourth-order valence-electron chi connectivity index (χ4n) is 4.16. The number of carbonyl (C=O) groups is 2. The summed E-state index contributed by atoms with van der Waals surface area (Å²) in [5.41, 5.74) is 6.97. The predicted molar refractivity (Wildman–Crippen MR) is 130 cm³/mol. The van der Waals surface area contributed by atoms with Gasteiger partial charge in [0.2, 0.25) is 5.91 Å². The molecule has 33 heavy (non-hydrogen) atoms. The molecule has 1 saturated heterocycles. The highest BCUT2D eigenvalue weighted by molar-refractivity contribution is 6.06. The number of nitrogens with zero attached hydrogens (tertiary/aromatic N) is 2. The number of anilines is 2. The Morgan fingerprint density at radius 3 is 2.82 bits per heavy atom. The van der Waals surface area contributed by atoms with Gasteiger partial charge >= 0.3 is 0 Å². The lowest BCUT2D eigenvalue weighted by atomic mass is 10.0. The largest absolute Gasteiger partial charge is 0.397 e. The number of aromatic nitrogens is 1. The van der Waals surface area contributed by atoms with Crippen LogP contribution in [0.1, 0.15) is 23.3 Å². The average molecular weight is 446 g/mol. The number of likely N-dealkylation sites (tertiary alicyclic amines) is 1. The Labute approximate surface area is 192 Å². The number of benzene rings is 2. The molecule has 0 aliphatic carbocycles. The summed E-state index contributed by atoms with van der Waals surface area (Å²) in [6.45, 7) is 4.70. The molecular formula is C25H27N5O3. The van der Waals surface area contributed by atoms with Gasteiger partial charge in [-0.2, -0.15) is 0 Å². The lowest BCUT2D eigenvalue weighted by molar-refractivity contribution is -0.111. The van der Waals surface area contributed by atoms with E-state index < -0.39 is 11.6 Å². The van der Waals surface area contributed by atoms with E-state index in [0.717, 1.165) is 29.3 Å². The molecule has 4 rings (SSSR count). The van der Waals surface area contributed by atoms with Crippen LogP contribution >= 0.6 is 0 Å². The number of nitrogens with two attached hydrogens (primary N) is 1. The summed E-state index contributed by atoms with van der Waals surface area (Å²) in [4.78, 5) is 31.3. The van der Waals surface area contributed by atoms with Crippen LogP contribution in [0.2, 0.25) is 0 Å². The molecule has 5 N–H and O–H groups in total. The molecule has 2 heterocycles. The van der Waals surface area contributed by atoms with E-state index in [4.69, 9.17) is 5.73 Å². The fourth-order valence-corrected chi connectivity index (χ4v) is 4.16. The van der Waals surface area contributed by atoms with E-state index in [1.807, 2.05) is 48.3 Å². The van der Waals surface area contributed by atoms with Gasteiger partial charge in [0.15, 0.2) is 11.4 Å². The summed E-state index contributed by atoms with van der Waals surface area (Å²) in [5.74, 6) is -0.823. The third-order valence-corrected chi connectivity index (χ3v) is 5.77. The van der Waals surface area contributed by atoms with Crippen LogP contribution in [0, 0.1) is 0 Å². The number of piperidine rings is 1. The molecule has 1 fully saturated rings. The number of aliphatic hydroxyl groups is 1. The molecule has 2 aromatic carbocycles. The highest BCUT2D eigenvalue weighted by Crippen LogP contribution is 2.29. The first-order valence-corrected chi connectivity index (χ1v) is 10.7. The van der Waals surface area contributed by atoms with Crippen LogP contribution in [0.3, 0.4) is 0 Å². The minimum Gasteiger partial charge on any atom is -0.397 e. The van der Waals surface area contributed by atoms with E-state index in [2.05, 4.69) is 22.2 Å². The number of nitrogen functional groups attached to an aromatic ring is 1. The van der Waals surface area contributed by atoms with Crippen LogP contribution in [-0.4, -0.2) is 52.7 Å². The number of β-amino-alcohol motifs (C(OH)–C–C–N with tert-alkyl or cyclic N) is 1. The standard InChI is InChI=1S/C25H27N5O3/c1-3-22(31)27-21-7-4-6-16-8-9-17(14-18(16)21)20-11-10-19(26)23(28-20)24(32)29-25(33)12-5-13-30(2)15-25/h3-4,6-11,14,33H,1,5,12-13,15,26H2,2H3,(H,27,31)(H,29,32)/t25-/m0/s1. The van der Waals surface area contributed by atoms with Crippen molar-refractivity contribution in [2.24, 2.45) is 0 Å². The number of nitrogens with one attached hydrogen (secondary N) is 2. The Kier molecular flexibility index (Phi) is 6.13. The smallest absolute Gasteiger partial charge is 0.274 e.